The van der Waals surface area contributed by atoms with Gasteiger partial charge in [0.2, 0.25) is 0 Å². The van der Waals surface area contributed by atoms with Crippen LogP contribution in [0, 0.1) is 0 Å². The largest absolute Gasteiger partial charge is 0.462 e. The van der Waals surface area contributed by atoms with Crippen molar-refractivity contribution in [1.29, 1.82) is 0 Å². The van der Waals surface area contributed by atoms with Gasteiger partial charge in [-0.15, -0.1) is 11.3 Å². The molecule has 0 radical (unpaired) electrons. The van der Waals surface area contributed by atoms with Crippen molar-refractivity contribution in [2.75, 3.05) is 25.7 Å². The summed E-state index contributed by atoms with van der Waals surface area (Å²) in [6.07, 6.45) is 3.36. The van der Waals surface area contributed by atoms with Gasteiger partial charge in [0.25, 0.3) is 5.91 Å². The van der Waals surface area contributed by atoms with Gasteiger partial charge >= 0.3 is 5.97 Å². The molecule has 0 aliphatic carbocycles. The highest BCUT2D eigenvalue weighted by molar-refractivity contribution is 7.17. The lowest BCUT2D eigenvalue weighted by atomic mass is 10.1. The van der Waals surface area contributed by atoms with Gasteiger partial charge in [0.1, 0.15) is 5.00 Å². The Balaban J connectivity index is 1.95. The number of amides is 1. The number of para-hydroxylation sites is 1. The van der Waals surface area contributed by atoms with Crippen LogP contribution in [0.15, 0.2) is 52.1 Å². The van der Waals surface area contributed by atoms with Crippen LogP contribution >= 0.6 is 11.3 Å². The number of esters is 1. The Morgan fingerprint density at radius 2 is 2.03 bits per heavy atom. The zero-order valence-corrected chi connectivity index (χ0v) is 17.6. The van der Waals surface area contributed by atoms with Crippen molar-refractivity contribution >= 4 is 52.0 Å². The van der Waals surface area contributed by atoms with Gasteiger partial charge in [0.05, 0.1) is 35.5 Å². The molecule has 0 N–H and O–H groups in total. The van der Waals surface area contributed by atoms with E-state index in [1.165, 1.54) is 16.3 Å². The minimum absolute atomic E-state index is 0.210. The molecule has 29 heavy (non-hydrogen) atoms. The van der Waals surface area contributed by atoms with Crippen LogP contribution in [0.2, 0.25) is 0 Å². The van der Waals surface area contributed by atoms with Crippen molar-refractivity contribution < 1.29 is 14.3 Å². The Bertz CT molecular complexity index is 1010. The first kappa shape index (κ1) is 20.5. The predicted octanol–water partition coefficient (Wildman–Crippen LogP) is 3.95. The van der Waals surface area contributed by atoms with Crippen LogP contribution in [0.1, 0.15) is 29.1 Å². The molecule has 3 rings (SSSR count). The summed E-state index contributed by atoms with van der Waals surface area (Å²) in [6.45, 7) is 3.82. The van der Waals surface area contributed by atoms with Crippen molar-refractivity contribution in [3.05, 3.63) is 52.4 Å². The Kier molecular flexibility index (Phi) is 6.23. The molecule has 0 bridgehead atoms. The first-order chi connectivity index (χ1) is 13.9. The summed E-state index contributed by atoms with van der Waals surface area (Å²) in [5.74, 6) is -0.647. The molecule has 0 spiro atoms. The fraction of sp³-hybridized carbons (Fsp3) is 0.238. The van der Waals surface area contributed by atoms with E-state index in [-0.39, 0.29) is 12.5 Å². The topological polar surface area (TPSA) is 74.6 Å². The van der Waals surface area contributed by atoms with Gasteiger partial charge in [-0.1, -0.05) is 18.2 Å². The van der Waals surface area contributed by atoms with Crippen LogP contribution in [-0.4, -0.2) is 49.5 Å². The zero-order chi connectivity index (χ0) is 21.0. The summed E-state index contributed by atoms with van der Waals surface area (Å²) in [7, 11) is 3.69. The smallest absolute Gasteiger partial charge is 0.341 e. The van der Waals surface area contributed by atoms with E-state index in [0.717, 1.165) is 4.88 Å². The summed E-state index contributed by atoms with van der Waals surface area (Å²) in [5, 5.41) is 6.29. The standard InChI is InChI=1S/C21H22N4O3S/c1-5-28-21(27)18-12-16(29-19(18)22-13-24(3)4)11-17-14(2)23-25(20(17)26)15-9-7-6-8-10-15/h6-13H,5H2,1-4H3/b17-11-,22-13+. The molecule has 0 atom stereocenters. The molecular formula is C21H22N4O3S. The highest BCUT2D eigenvalue weighted by atomic mass is 32.1. The predicted molar refractivity (Wildman–Crippen MR) is 117 cm³/mol. The van der Waals surface area contributed by atoms with E-state index in [1.807, 2.05) is 44.4 Å². The molecule has 150 valence electrons. The molecule has 0 saturated carbocycles. The van der Waals surface area contributed by atoms with Crippen molar-refractivity contribution in [1.82, 2.24) is 4.90 Å². The first-order valence-corrected chi connectivity index (χ1v) is 9.90. The summed E-state index contributed by atoms with van der Waals surface area (Å²) in [6, 6.07) is 11.0. The average molecular weight is 410 g/mol. The van der Waals surface area contributed by atoms with Gasteiger partial charge in [-0.2, -0.15) is 10.1 Å². The minimum Gasteiger partial charge on any atom is -0.462 e. The monoisotopic (exact) mass is 410 g/mol. The van der Waals surface area contributed by atoms with E-state index in [1.54, 1.807) is 37.2 Å². The van der Waals surface area contributed by atoms with Crippen molar-refractivity contribution in [3.8, 4) is 0 Å². The van der Waals surface area contributed by atoms with E-state index in [4.69, 9.17) is 4.74 Å². The number of hydrogen-bond donors (Lipinski definition) is 0. The number of hydrogen-bond acceptors (Lipinski definition) is 6. The van der Waals surface area contributed by atoms with E-state index in [9.17, 15) is 9.59 Å². The lowest BCUT2D eigenvalue weighted by Crippen LogP contribution is -2.21. The Hall–Kier alpha value is -3.26. The van der Waals surface area contributed by atoms with Gasteiger partial charge in [0.15, 0.2) is 0 Å². The minimum atomic E-state index is -0.437. The lowest BCUT2D eigenvalue weighted by Gasteiger charge is -2.10. The maximum Gasteiger partial charge on any atom is 0.341 e. The number of nitrogens with zero attached hydrogens (tertiary/aromatic N) is 4. The highest BCUT2D eigenvalue weighted by Crippen LogP contribution is 2.34. The van der Waals surface area contributed by atoms with Gasteiger partial charge in [-0.3, -0.25) is 4.79 Å². The third-order valence-electron chi connectivity index (χ3n) is 3.98. The maximum absolute atomic E-state index is 12.9. The number of aliphatic imine (C=N–C) groups is 1. The SMILES string of the molecule is CCOC(=O)c1cc(/C=C2\C(=O)N(c3ccccc3)N=C2C)sc1/N=C/N(C)C. The van der Waals surface area contributed by atoms with Crippen LogP contribution < -0.4 is 5.01 Å². The molecule has 1 aliphatic rings. The Morgan fingerprint density at radius 1 is 1.31 bits per heavy atom. The number of rotatable bonds is 6. The van der Waals surface area contributed by atoms with Crippen molar-refractivity contribution in [3.63, 3.8) is 0 Å². The molecule has 2 aromatic rings. The van der Waals surface area contributed by atoms with Gasteiger partial charge in [-0.25, -0.2) is 9.79 Å². The van der Waals surface area contributed by atoms with Crippen LogP contribution in [-0.2, 0) is 9.53 Å². The second-order valence-electron chi connectivity index (χ2n) is 6.49. The molecule has 2 heterocycles. The van der Waals surface area contributed by atoms with E-state index < -0.39 is 5.97 Å². The third kappa shape index (κ3) is 4.60. The number of thiophene rings is 1. The van der Waals surface area contributed by atoms with Crippen molar-refractivity contribution in [2.45, 2.75) is 13.8 Å². The van der Waals surface area contributed by atoms with Crippen LogP contribution in [0.4, 0.5) is 10.7 Å². The van der Waals surface area contributed by atoms with Gasteiger partial charge in [0, 0.05) is 19.0 Å². The van der Waals surface area contributed by atoms with Crippen LogP contribution in [0.3, 0.4) is 0 Å². The van der Waals surface area contributed by atoms with Crippen LogP contribution in [0.5, 0.6) is 0 Å². The number of anilines is 1. The molecule has 1 aromatic carbocycles. The van der Waals surface area contributed by atoms with E-state index >= 15 is 0 Å². The second-order valence-corrected chi connectivity index (χ2v) is 7.55. The fourth-order valence-electron chi connectivity index (χ4n) is 2.66. The molecule has 1 aromatic heterocycles. The molecule has 0 unspecified atom stereocenters. The molecule has 7 nitrogen and oxygen atoms in total. The molecule has 0 saturated heterocycles. The molecule has 8 heteroatoms. The number of hydrazone groups is 1. The number of ether oxygens (including phenoxy) is 1. The number of carbonyl (C=O) groups is 2. The fourth-order valence-corrected chi connectivity index (χ4v) is 3.59. The van der Waals surface area contributed by atoms with Crippen LogP contribution in [0.25, 0.3) is 6.08 Å². The van der Waals surface area contributed by atoms with Crippen molar-refractivity contribution in [2.24, 2.45) is 10.1 Å². The molecule has 1 aliphatic heterocycles. The quantitative estimate of drug-likeness (QED) is 0.313. The summed E-state index contributed by atoms with van der Waals surface area (Å²) >= 11 is 1.32. The Morgan fingerprint density at radius 3 is 2.69 bits per heavy atom. The summed E-state index contributed by atoms with van der Waals surface area (Å²) in [4.78, 5) is 32.1. The lowest BCUT2D eigenvalue weighted by molar-refractivity contribution is -0.114. The van der Waals surface area contributed by atoms with Gasteiger partial charge < -0.3 is 9.64 Å². The van der Waals surface area contributed by atoms with Gasteiger partial charge in [-0.05, 0) is 38.1 Å². The van der Waals surface area contributed by atoms with E-state index in [2.05, 4.69) is 10.1 Å². The average Bonchev–Trinajstić information content (AvgIpc) is 3.23. The number of carbonyl (C=O) groups excluding carboxylic acids is 2. The second kappa shape index (κ2) is 8.83. The molecule has 0 fully saturated rings. The summed E-state index contributed by atoms with van der Waals surface area (Å²) < 4.78 is 5.14. The highest BCUT2D eigenvalue weighted by Gasteiger charge is 2.29. The normalized spacial score (nSPS) is 15.3. The zero-order valence-electron chi connectivity index (χ0n) is 16.7. The third-order valence-corrected chi connectivity index (χ3v) is 4.97. The molecule has 1 amide bonds. The number of benzene rings is 1. The maximum atomic E-state index is 12.9. The summed E-state index contributed by atoms with van der Waals surface area (Å²) in [5.41, 5.74) is 2.17. The van der Waals surface area contributed by atoms with E-state index in [0.29, 0.717) is 27.5 Å². The molecular weight excluding hydrogens is 388 g/mol. The first-order valence-electron chi connectivity index (χ1n) is 9.09. The Labute approximate surface area is 173 Å².